The highest BCUT2D eigenvalue weighted by Crippen LogP contribution is 2.24. The molecule has 0 aliphatic heterocycles. The van der Waals surface area contributed by atoms with Gasteiger partial charge in [0.05, 0.1) is 13.2 Å². The van der Waals surface area contributed by atoms with Crippen LogP contribution >= 0.6 is 11.3 Å². The maximum Gasteiger partial charge on any atom is 0.130 e. The average Bonchev–Trinajstić information content (AvgIpc) is 2.81. The third-order valence-electron chi connectivity index (χ3n) is 2.64. The van der Waals surface area contributed by atoms with Crippen LogP contribution in [0.15, 0.2) is 35.7 Å². The maximum atomic E-state index is 13.5. The van der Waals surface area contributed by atoms with Crippen LogP contribution in [0.1, 0.15) is 10.4 Å². The summed E-state index contributed by atoms with van der Waals surface area (Å²) in [4.78, 5) is 3.15. The van der Waals surface area contributed by atoms with Crippen LogP contribution in [0.3, 0.4) is 0 Å². The van der Waals surface area contributed by atoms with Crippen molar-refractivity contribution in [2.45, 2.75) is 13.2 Å². The summed E-state index contributed by atoms with van der Waals surface area (Å²) in [5.41, 5.74) is 1.09. The standard InChI is InChI=1S/C13H14FNOS/c1-15(8-10-4-3-7-17-10)13-6-2-5-12(14)11(13)9-16/h2-7,16H,8-9H2,1H3. The van der Waals surface area contributed by atoms with Gasteiger partial charge in [0.15, 0.2) is 0 Å². The number of thiophene rings is 1. The van der Waals surface area contributed by atoms with Gasteiger partial charge in [0.1, 0.15) is 5.82 Å². The van der Waals surface area contributed by atoms with E-state index in [0.717, 1.165) is 5.69 Å². The van der Waals surface area contributed by atoms with Crippen LogP contribution in [0, 0.1) is 5.82 Å². The molecule has 0 aliphatic carbocycles. The first-order chi connectivity index (χ1) is 8.22. The second-order valence-electron chi connectivity index (χ2n) is 3.83. The van der Waals surface area contributed by atoms with Crippen LogP contribution < -0.4 is 4.90 Å². The smallest absolute Gasteiger partial charge is 0.130 e. The molecule has 0 unspecified atom stereocenters. The first-order valence-corrected chi connectivity index (χ1v) is 6.22. The fourth-order valence-corrected chi connectivity index (χ4v) is 2.54. The van der Waals surface area contributed by atoms with Gasteiger partial charge in [0.2, 0.25) is 0 Å². The molecule has 0 bridgehead atoms. The van der Waals surface area contributed by atoms with Gasteiger partial charge >= 0.3 is 0 Å². The zero-order valence-corrected chi connectivity index (χ0v) is 10.4. The van der Waals surface area contributed by atoms with Crippen molar-refractivity contribution in [3.63, 3.8) is 0 Å². The number of anilines is 1. The molecular formula is C13H14FNOS. The molecule has 0 saturated heterocycles. The number of nitrogens with zero attached hydrogens (tertiary/aromatic N) is 1. The molecular weight excluding hydrogens is 237 g/mol. The molecule has 0 spiro atoms. The number of rotatable bonds is 4. The maximum absolute atomic E-state index is 13.5. The van der Waals surface area contributed by atoms with Crippen molar-refractivity contribution in [1.82, 2.24) is 0 Å². The van der Waals surface area contributed by atoms with E-state index in [2.05, 4.69) is 0 Å². The summed E-state index contributed by atoms with van der Waals surface area (Å²) in [6, 6.07) is 8.89. The molecule has 0 amide bonds. The van der Waals surface area contributed by atoms with E-state index in [1.807, 2.05) is 35.5 Å². The van der Waals surface area contributed by atoms with E-state index in [1.54, 1.807) is 17.4 Å². The van der Waals surface area contributed by atoms with Crippen molar-refractivity contribution in [2.75, 3.05) is 11.9 Å². The molecule has 90 valence electrons. The van der Waals surface area contributed by atoms with E-state index in [-0.39, 0.29) is 12.4 Å². The second kappa shape index (κ2) is 5.29. The third kappa shape index (κ3) is 2.65. The predicted molar refractivity (Wildman–Crippen MR) is 68.7 cm³/mol. The lowest BCUT2D eigenvalue weighted by molar-refractivity contribution is 0.276. The predicted octanol–water partition coefficient (Wildman–Crippen LogP) is 3.02. The van der Waals surface area contributed by atoms with Gasteiger partial charge in [-0.3, -0.25) is 0 Å². The molecule has 1 heterocycles. The van der Waals surface area contributed by atoms with Crippen LogP contribution in [0.4, 0.5) is 10.1 Å². The Bertz CT molecular complexity index is 484. The van der Waals surface area contributed by atoms with E-state index >= 15 is 0 Å². The second-order valence-corrected chi connectivity index (χ2v) is 4.86. The Hall–Kier alpha value is -1.39. The molecule has 17 heavy (non-hydrogen) atoms. The number of aliphatic hydroxyl groups excluding tert-OH is 1. The van der Waals surface area contributed by atoms with E-state index in [4.69, 9.17) is 0 Å². The molecule has 2 aromatic rings. The molecule has 0 atom stereocenters. The summed E-state index contributed by atoms with van der Waals surface area (Å²) in [6.45, 7) is 0.435. The first kappa shape index (κ1) is 12.1. The Morgan fingerprint density at radius 1 is 1.29 bits per heavy atom. The zero-order valence-electron chi connectivity index (χ0n) is 9.56. The Morgan fingerprint density at radius 3 is 2.76 bits per heavy atom. The van der Waals surface area contributed by atoms with Gasteiger partial charge in [0, 0.05) is 23.2 Å². The molecule has 2 rings (SSSR count). The van der Waals surface area contributed by atoms with Gasteiger partial charge in [-0.15, -0.1) is 11.3 Å². The molecule has 0 saturated carbocycles. The number of aliphatic hydroxyl groups is 1. The number of halogens is 1. The van der Waals surface area contributed by atoms with Gasteiger partial charge in [-0.1, -0.05) is 12.1 Å². The van der Waals surface area contributed by atoms with Crippen LogP contribution in [0.2, 0.25) is 0 Å². The van der Waals surface area contributed by atoms with Crippen LogP contribution in [0.25, 0.3) is 0 Å². The Morgan fingerprint density at radius 2 is 2.12 bits per heavy atom. The first-order valence-electron chi connectivity index (χ1n) is 5.34. The van der Waals surface area contributed by atoms with E-state index < -0.39 is 0 Å². The number of hydrogen-bond donors (Lipinski definition) is 1. The lowest BCUT2D eigenvalue weighted by atomic mass is 10.1. The molecule has 0 fully saturated rings. The van der Waals surface area contributed by atoms with Crippen molar-refractivity contribution in [1.29, 1.82) is 0 Å². The topological polar surface area (TPSA) is 23.5 Å². The van der Waals surface area contributed by atoms with Crippen molar-refractivity contribution in [3.8, 4) is 0 Å². The third-order valence-corrected chi connectivity index (χ3v) is 3.50. The van der Waals surface area contributed by atoms with Gasteiger partial charge in [0.25, 0.3) is 0 Å². The number of hydrogen-bond acceptors (Lipinski definition) is 3. The molecule has 0 aliphatic rings. The van der Waals surface area contributed by atoms with Crippen molar-refractivity contribution in [2.24, 2.45) is 0 Å². The molecule has 2 nitrogen and oxygen atoms in total. The van der Waals surface area contributed by atoms with Crippen LogP contribution in [-0.4, -0.2) is 12.2 Å². The minimum Gasteiger partial charge on any atom is -0.391 e. The largest absolute Gasteiger partial charge is 0.391 e. The normalized spacial score (nSPS) is 10.5. The quantitative estimate of drug-likeness (QED) is 0.903. The molecule has 4 heteroatoms. The number of benzene rings is 1. The van der Waals surface area contributed by atoms with Crippen LogP contribution in [0.5, 0.6) is 0 Å². The minimum atomic E-state index is -0.358. The Balaban J connectivity index is 2.24. The Labute approximate surface area is 104 Å². The minimum absolute atomic E-state index is 0.281. The van der Waals surface area contributed by atoms with E-state index in [0.29, 0.717) is 12.1 Å². The monoisotopic (exact) mass is 251 g/mol. The zero-order chi connectivity index (χ0) is 12.3. The van der Waals surface area contributed by atoms with Crippen molar-refractivity contribution >= 4 is 17.0 Å². The van der Waals surface area contributed by atoms with Crippen LogP contribution in [-0.2, 0) is 13.2 Å². The molecule has 0 radical (unpaired) electrons. The van der Waals surface area contributed by atoms with Gasteiger partial charge in [-0.2, -0.15) is 0 Å². The fraction of sp³-hybridized carbons (Fsp3) is 0.231. The summed E-state index contributed by atoms with van der Waals surface area (Å²) >= 11 is 1.67. The van der Waals surface area contributed by atoms with Gasteiger partial charge in [-0.25, -0.2) is 4.39 Å². The summed E-state index contributed by atoms with van der Waals surface area (Å²) in [5, 5.41) is 11.2. The summed E-state index contributed by atoms with van der Waals surface area (Å²) in [5.74, 6) is -0.358. The van der Waals surface area contributed by atoms with E-state index in [9.17, 15) is 9.50 Å². The molecule has 1 aromatic carbocycles. The lowest BCUT2D eigenvalue weighted by Gasteiger charge is -2.21. The lowest BCUT2D eigenvalue weighted by Crippen LogP contribution is -2.18. The summed E-state index contributed by atoms with van der Waals surface area (Å²) in [7, 11) is 1.90. The highest BCUT2D eigenvalue weighted by Gasteiger charge is 2.11. The Kier molecular flexibility index (Phi) is 3.76. The molecule has 1 aromatic heterocycles. The molecule has 1 N–H and O–H groups in total. The highest BCUT2D eigenvalue weighted by molar-refractivity contribution is 7.09. The SMILES string of the molecule is CN(Cc1cccs1)c1cccc(F)c1CO. The van der Waals surface area contributed by atoms with Crippen molar-refractivity contribution in [3.05, 3.63) is 52.0 Å². The average molecular weight is 251 g/mol. The summed E-state index contributed by atoms with van der Waals surface area (Å²) in [6.07, 6.45) is 0. The van der Waals surface area contributed by atoms with Gasteiger partial charge < -0.3 is 10.0 Å². The van der Waals surface area contributed by atoms with Gasteiger partial charge in [-0.05, 0) is 23.6 Å². The summed E-state index contributed by atoms with van der Waals surface area (Å²) < 4.78 is 13.5. The fourth-order valence-electron chi connectivity index (χ4n) is 1.78. The van der Waals surface area contributed by atoms with Crippen molar-refractivity contribution < 1.29 is 9.50 Å². The highest BCUT2D eigenvalue weighted by atomic mass is 32.1. The van der Waals surface area contributed by atoms with E-state index in [1.165, 1.54) is 10.9 Å².